The third-order valence-electron chi connectivity index (χ3n) is 3.19. The van der Waals surface area contributed by atoms with Crippen molar-refractivity contribution in [2.45, 2.75) is 39.7 Å². The number of furan rings is 1. The Morgan fingerprint density at radius 3 is 2.79 bits per heavy atom. The van der Waals surface area contributed by atoms with E-state index in [1.165, 1.54) is 0 Å². The highest BCUT2D eigenvalue weighted by molar-refractivity contribution is 5.83. The predicted octanol–water partition coefficient (Wildman–Crippen LogP) is 4.28. The van der Waals surface area contributed by atoms with Crippen molar-refractivity contribution in [3.63, 3.8) is 0 Å². The summed E-state index contributed by atoms with van der Waals surface area (Å²) >= 11 is 0. The van der Waals surface area contributed by atoms with Crippen LogP contribution in [0, 0.1) is 0 Å². The number of hydrogen-bond acceptors (Lipinski definition) is 3. The number of hydrogen-bond donors (Lipinski definition) is 1. The molecule has 1 atom stereocenters. The fourth-order valence-corrected chi connectivity index (χ4v) is 2.25. The van der Waals surface area contributed by atoms with Gasteiger partial charge in [0.25, 0.3) is 0 Å². The van der Waals surface area contributed by atoms with Crippen LogP contribution in [0.25, 0.3) is 11.0 Å². The first kappa shape index (κ1) is 13.9. The number of ether oxygens (including phenoxy) is 1. The highest BCUT2D eigenvalue weighted by Crippen LogP contribution is 2.32. The van der Waals surface area contributed by atoms with Crippen molar-refractivity contribution >= 4 is 11.0 Å². The molecule has 0 saturated carbocycles. The van der Waals surface area contributed by atoms with Gasteiger partial charge in [-0.15, -0.1) is 0 Å². The molecular weight excluding hydrogens is 238 g/mol. The molecule has 0 aliphatic heterocycles. The van der Waals surface area contributed by atoms with Crippen molar-refractivity contribution in [2.24, 2.45) is 0 Å². The molecule has 0 saturated heterocycles. The topological polar surface area (TPSA) is 34.4 Å². The average molecular weight is 261 g/mol. The molecule has 3 heteroatoms. The maximum atomic E-state index is 6.01. The fraction of sp³-hybridized carbons (Fsp3) is 0.500. The second-order valence-electron chi connectivity index (χ2n) is 4.69. The highest BCUT2D eigenvalue weighted by atomic mass is 16.5. The van der Waals surface area contributed by atoms with Gasteiger partial charge in [-0.2, -0.15) is 0 Å². The van der Waals surface area contributed by atoms with E-state index in [0.29, 0.717) is 0 Å². The van der Waals surface area contributed by atoms with Crippen molar-refractivity contribution in [1.82, 2.24) is 5.32 Å². The lowest BCUT2D eigenvalue weighted by Gasteiger charge is -2.12. The van der Waals surface area contributed by atoms with Gasteiger partial charge in [-0.3, -0.25) is 0 Å². The summed E-state index contributed by atoms with van der Waals surface area (Å²) in [4.78, 5) is 0. The van der Waals surface area contributed by atoms with Gasteiger partial charge in [-0.25, -0.2) is 0 Å². The maximum Gasteiger partial charge on any atom is 0.176 e. The third kappa shape index (κ3) is 3.10. The first-order chi connectivity index (χ1) is 9.30. The summed E-state index contributed by atoms with van der Waals surface area (Å²) in [6.45, 7) is 8.04. The molecule has 3 nitrogen and oxygen atoms in total. The van der Waals surface area contributed by atoms with E-state index in [4.69, 9.17) is 9.15 Å². The Bertz CT molecular complexity index is 518. The number of fused-ring (bicyclic) bond motifs is 1. The van der Waals surface area contributed by atoms with E-state index in [0.717, 1.165) is 48.5 Å². The van der Waals surface area contributed by atoms with E-state index in [9.17, 15) is 0 Å². The second-order valence-corrected chi connectivity index (χ2v) is 4.69. The second kappa shape index (κ2) is 6.62. The summed E-state index contributed by atoms with van der Waals surface area (Å²) in [5.41, 5.74) is 0.863. The standard InChI is InChI=1S/C16H23NO2/c1-4-10-18-14-9-7-8-12-11-15(19-16(12)14)13(5-2)17-6-3/h7-9,11,13,17H,4-6,10H2,1-3H3. The van der Waals surface area contributed by atoms with Crippen molar-refractivity contribution in [3.8, 4) is 5.75 Å². The Morgan fingerprint density at radius 2 is 2.11 bits per heavy atom. The summed E-state index contributed by atoms with van der Waals surface area (Å²) in [6, 6.07) is 8.45. The smallest absolute Gasteiger partial charge is 0.176 e. The largest absolute Gasteiger partial charge is 0.490 e. The zero-order valence-electron chi connectivity index (χ0n) is 12.0. The molecule has 104 valence electrons. The highest BCUT2D eigenvalue weighted by Gasteiger charge is 2.15. The van der Waals surface area contributed by atoms with Gasteiger partial charge in [0.15, 0.2) is 11.3 Å². The van der Waals surface area contributed by atoms with Gasteiger partial charge < -0.3 is 14.5 Å². The van der Waals surface area contributed by atoms with Crippen LogP contribution in [0.3, 0.4) is 0 Å². The van der Waals surface area contributed by atoms with Crippen LogP contribution in [0.15, 0.2) is 28.7 Å². The molecule has 1 aromatic carbocycles. The normalized spacial score (nSPS) is 12.8. The number of nitrogens with one attached hydrogen (secondary N) is 1. The SMILES string of the molecule is CCCOc1cccc2cc(C(CC)NCC)oc12. The van der Waals surface area contributed by atoms with Crippen LogP contribution in [-0.4, -0.2) is 13.2 Å². The van der Waals surface area contributed by atoms with Gasteiger partial charge in [0.05, 0.1) is 12.6 Å². The molecule has 19 heavy (non-hydrogen) atoms. The molecule has 0 spiro atoms. The van der Waals surface area contributed by atoms with Crippen LogP contribution in [0.5, 0.6) is 5.75 Å². The van der Waals surface area contributed by atoms with E-state index in [1.54, 1.807) is 0 Å². The molecule has 1 heterocycles. The molecule has 0 bridgehead atoms. The van der Waals surface area contributed by atoms with Crippen LogP contribution in [0.1, 0.15) is 45.4 Å². The maximum absolute atomic E-state index is 6.01. The summed E-state index contributed by atoms with van der Waals surface area (Å²) in [6.07, 6.45) is 2.01. The van der Waals surface area contributed by atoms with Crippen molar-refractivity contribution in [1.29, 1.82) is 0 Å². The van der Waals surface area contributed by atoms with Gasteiger partial charge in [0.2, 0.25) is 0 Å². The Hall–Kier alpha value is -1.48. The van der Waals surface area contributed by atoms with Gasteiger partial charge in [0, 0.05) is 5.39 Å². The van der Waals surface area contributed by atoms with E-state index >= 15 is 0 Å². The van der Waals surface area contributed by atoms with Crippen LogP contribution in [0.2, 0.25) is 0 Å². The molecule has 1 unspecified atom stereocenters. The van der Waals surface area contributed by atoms with Gasteiger partial charge >= 0.3 is 0 Å². The van der Waals surface area contributed by atoms with E-state index < -0.39 is 0 Å². The van der Waals surface area contributed by atoms with E-state index in [1.807, 2.05) is 12.1 Å². The number of benzene rings is 1. The van der Waals surface area contributed by atoms with Crippen molar-refractivity contribution in [3.05, 3.63) is 30.0 Å². The average Bonchev–Trinajstić information content (AvgIpc) is 2.86. The Balaban J connectivity index is 2.33. The summed E-state index contributed by atoms with van der Waals surface area (Å²) in [5, 5.41) is 4.55. The minimum atomic E-state index is 0.274. The molecule has 0 aliphatic carbocycles. The quantitative estimate of drug-likeness (QED) is 0.807. The lowest BCUT2D eigenvalue weighted by molar-refractivity contribution is 0.314. The first-order valence-corrected chi connectivity index (χ1v) is 7.18. The van der Waals surface area contributed by atoms with Gasteiger partial charge in [-0.05, 0) is 31.5 Å². The minimum Gasteiger partial charge on any atom is -0.490 e. The Labute approximate surface area is 114 Å². The minimum absolute atomic E-state index is 0.274. The molecule has 0 aliphatic rings. The summed E-state index contributed by atoms with van der Waals surface area (Å²) < 4.78 is 11.8. The number of rotatable bonds is 7. The molecule has 0 fully saturated rings. The van der Waals surface area contributed by atoms with Gasteiger partial charge in [0.1, 0.15) is 5.76 Å². The van der Waals surface area contributed by atoms with Gasteiger partial charge in [-0.1, -0.05) is 32.9 Å². The molecular formula is C16H23NO2. The monoisotopic (exact) mass is 261 g/mol. The Morgan fingerprint density at radius 1 is 1.26 bits per heavy atom. The fourth-order valence-electron chi connectivity index (χ4n) is 2.25. The molecule has 1 aromatic heterocycles. The molecule has 2 aromatic rings. The molecule has 1 N–H and O–H groups in total. The summed E-state index contributed by atoms with van der Waals surface area (Å²) in [7, 11) is 0. The Kier molecular flexibility index (Phi) is 4.86. The van der Waals surface area contributed by atoms with E-state index in [2.05, 4.69) is 38.2 Å². The lowest BCUT2D eigenvalue weighted by atomic mass is 10.1. The lowest BCUT2D eigenvalue weighted by Crippen LogP contribution is -2.19. The zero-order valence-corrected chi connectivity index (χ0v) is 12.0. The number of para-hydroxylation sites is 1. The predicted molar refractivity (Wildman–Crippen MR) is 78.7 cm³/mol. The van der Waals surface area contributed by atoms with E-state index in [-0.39, 0.29) is 6.04 Å². The van der Waals surface area contributed by atoms with Crippen molar-refractivity contribution < 1.29 is 9.15 Å². The third-order valence-corrected chi connectivity index (χ3v) is 3.19. The van der Waals surface area contributed by atoms with Crippen LogP contribution >= 0.6 is 0 Å². The molecule has 0 radical (unpaired) electrons. The molecule has 2 rings (SSSR count). The first-order valence-electron chi connectivity index (χ1n) is 7.18. The van der Waals surface area contributed by atoms with Crippen LogP contribution in [-0.2, 0) is 0 Å². The molecule has 0 amide bonds. The van der Waals surface area contributed by atoms with Crippen LogP contribution in [0.4, 0.5) is 0 Å². The summed E-state index contributed by atoms with van der Waals surface area (Å²) in [5.74, 6) is 1.84. The van der Waals surface area contributed by atoms with Crippen molar-refractivity contribution in [2.75, 3.05) is 13.2 Å². The van der Waals surface area contributed by atoms with Crippen LogP contribution < -0.4 is 10.1 Å². The zero-order chi connectivity index (χ0) is 13.7.